The Morgan fingerprint density at radius 1 is 1.30 bits per heavy atom. The first-order valence-corrected chi connectivity index (χ1v) is 7.88. The molecule has 0 aromatic heterocycles. The Kier molecular flexibility index (Phi) is 6.27. The monoisotopic (exact) mass is 331 g/mol. The maximum absolute atomic E-state index is 12.3. The Morgan fingerprint density at radius 2 is 2.04 bits per heavy atom. The lowest BCUT2D eigenvalue weighted by molar-refractivity contribution is -0.122. The van der Waals surface area contributed by atoms with Gasteiger partial charge in [-0.2, -0.15) is 0 Å². The highest BCUT2D eigenvalue weighted by Gasteiger charge is 2.34. The molecule has 6 heteroatoms. The maximum Gasteiger partial charge on any atom is 0.293 e. The molecule has 0 atom stereocenters. The van der Waals surface area contributed by atoms with Crippen molar-refractivity contribution in [1.29, 1.82) is 0 Å². The van der Waals surface area contributed by atoms with Gasteiger partial charge in [0, 0.05) is 20.3 Å². The summed E-state index contributed by atoms with van der Waals surface area (Å²) in [5, 5.41) is -0.244. The summed E-state index contributed by atoms with van der Waals surface area (Å²) in [5.74, 6) is 2.79. The highest BCUT2D eigenvalue weighted by Crippen LogP contribution is 2.32. The van der Waals surface area contributed by atoms with Crippen molar-refractivity contribution >= 4 is 29.0 Å². The summed E-state index contributed by atoms with van der Waals surface area (Å²) in [6.45, 7) is 1.09. The van der Waals surface area contributed by atoms with Gasteiger partial charge in [0.1, 0.15) is 12.4 Å². The Bertz CT molecular complexity index is 646. The van der Waals surface area contributed by atoms with Crippen molar-refractivity contribution in [3.63, 3.8) is 0 Å². The van der Waals surface area contributed by atoms with Crippen LogP contribution in [0.25, 0.3) is 6.08 Å². The highest BCUT2D eigenvalue weighted by molar-refractivity contribution is 8.18. The zero-order valence-electron chi connectivity index (χ0n) is 12.8. The smallest absolute Gasteiger partial charge is 0.293 e. The SMILES string of the molecule is C#CCOc1ccc(/C=C2/SC(=O)N(CCCOC)C2=O)cc1. The topological polar surface area (TPSA) is 55.8 Å². The van der Waals surface area contributed by atoms with Gasteiger partial charge in [-0.15, -0.1) is 6.42 Å². The Morgan fingerprint density at radius 3 is 2.70 bits per heavy atom. The molecule has 0 radical (unpaired) electrons. The number of nitrogens with zero attached hydrogens (tertiary/aromatic N) is 1. The molecular weight excluding hydrogens is 314 g/mol. The number of carbonyl (C=O) groups excluding carboxylic acids is 2. The first-order chi connectivity index (χ1) is 11.2. The molecule has 1 heterocycles. The zero-order valence-corrected chi connectivity index (χ0v) is 13.6. The second-order valence-electron chi connectivity index (χ2n) is 4.74. The van der Waals surface area contributed by atoms with Crippen LogP contribution in [0.5, 0.6) is 5.75 Å². The molecule has 0 unspecified atom stereocenters. The van der Waals surface area contributed by atoms with E-state index in [1.54, 1.807) is 25.3 Å². The lowest BCUT2D eigenvalue weighted by atomic mass is 10.2. The van der Waals surface area contributed by atoms with E-state index in [1.807, 2.05) is 12.1 Å². The van der Waals surface area contributed by atoms with E-state index >= 15 is 0 Å². The molecule has 1 aliphatic heterocycles. The number of imide groups is 1. The summed E-state index contributed by atoms with van der Waals surface area (Å²) in [6, 6.07) is 7.16. The first-order valence-electron chi connectivity index (χ1n) is 7.06. The largest absolute Gasteiger partial charge is 0.481 e. The maximum atomic E-state index is 12.3. The fraction of sp³-hybridized carbons (Fsp3) is 0.294. The lowest BCUT2D eigenvalue weighted by Crippen LogP contribution is -2.29. The fourth-order valence-corrected chi connectivity index (χ4v) is 2.86. The number of carbonyl (C=O) groups is 2. The van der Waals surface area contributed by atoms with E-state index < -0.39 is 0 Å². The predicted octanol–water partition coefficient (Wildman–Crippen LogP) is 2.77. The lowest BCUT2D eigenvalue weighted by Gasteiger charge is -2.11. The molecule has 2 rings (SSSR count). The highest BCUT2D eigenvalue weighted by atomic mass is 32.2. The predicted molar refractivity (Wildman–Crippen MR) is 89.9 cm³/mol. The minimum Gasteiger partial charge on any atom is -0.481 e. The summed E-state index contributed by atoms with van der Waals surface area (Å²) in [6.07, 6.45) is 7.46. The molecule has 0 N–H and O–H groups in total. The Balaban J connectivity index is 2.03. The second-order valence-corrected chi connectivity index (χ2v) is 5.73. The number of amides is 2. The molecule has 1 aliphatic rings. The van der Waals surface area contributed by atoms with Crippen LogP contribution in [0, 0.1) is 12.3 Å². The van der Waals surface area contributed by atoms with Crippen LogP contribution >= 0.6 is 11.8 Å². The van der Waals surface area contributed by atoms with Gasteiger partial charge in [-0.25, -0.2) is 0 Å². The molecule has 1 saturated heterocycles. The molecule has 0 saturated carbocycles. The molecule has 0 bridgehead atoms. The third kappa shape index (κ3) is 4.62. The van der Waals surface area contributed by atoms with E-state index in [-0.39, 0.29) is 17.8 Å². The minimum absolute atomic E-state index is 0.208. The van der Waals surface area contributed by atoms with Gasteiger partial charge >= 0.3 is 0 Å². The quantitative estimate of drug-likeness (QED) is 0.437. The zero-order chi connectivity index (χ0) is 16.7. The van der Waals surface area contributed by atoms with Crippen LogP contribution in [0.15, 0.2) is 29.2 Å². The second kappa shape index (κ2) is 8.42. The van der Waals surface area contributed by atoms with Crippen LogP contribution in [-0.2, 0) is 9.53 Å². The van der Waals surface area contributed by atoms with Gasteiger partial charge in [0.15, 0.2) is 0 Å². The first kappa shape index (κ1) is 17.1. The summed E-state index contributed by atoms with van der Waals surface area (Å²) in [5.41, 5.74) is 0.820. The summed E-state index contributed by atoms with van der Waals surface area (Å²) < 4.78 is 10.2. The molecule has 1 fully saturated rings. The van der Waals surface area contributed by atoms with Crippen molar-refractivity contribution in [2.24, 2.45) is 0 Å². The van der Waals surface area contributed by atoms with Crippen LogP contribution in [0.4, 0.5) is 4.79 Å². The number of hydrogen-bond donors (Lipinski definition) is 0. The van der Waals surface area contributed by atoms with E-state index in [9.17, 15) is 9.59 Å². The van der Waals surface area contributed by atoms with Gasteiger partial charge in [0.2, 0.25) is 0 Å². The van der Waals surface area contributed by atoms with Crippen LogP contribution in [0.3, 0.4) is 0 Å². The van der Waals surface area contributed by atoms with E-state index in [2.05, 4.69) is 5.92 Å². The third-order valence-corrected chi connectivity index (χ3v) is 4.01. The summed E-state index contributed by atoms with van der Waals surface area (Å²) >= 11 is 0.953. The van der Waals surface area contributed by atoms with E-state index in [4.69, 9.17) is 15.9 Å². The van der Waals surface area contributed by atoms with Gasteiger partial charge in [-0.3, -0.25) is 14.5 Å². The van der Waals surface area contributed by atoms with Crippen molar-refractivity contribution in [3.8, 4) is 18.1 Å². The van der Waals surface area contributed by atoms with Crippen molar-refractivity contribution < 1.29 is 19.1 Å². The molecule has 0 aliphatic carbocycles. The van der Waals surface area contributed by atoms with Crippen LogP contribution < -0.4 is 4.74 Å². The molecule has 120 valence electrons. The average molecular weight is 331 g/mol. The van der Waals surface area contributed by atoms with Crippen molar-refractivity contribution in [2.75, 3.05) is 26.9 Å². The van der Waals surface area contributed by atoms with Gasteiger partial charge in [0.25, 0.3) is 11.1 Å². The number of benzene rings is 1. The molecule has 1 aromatic rings. The van der Waals surface area contributed by atoms with E-state index in [1.165, 1.54) is 4.90 Å². The van der Waals surface area contributed by atoms with Gasteiger partial charge in [0.05, 0.1) is 4.91 Å². The average Bonchev–Trinajstić information content (AvgIpc) is 2.82. The van der Waals surface area contributed by atoms with E-state index in [0.717, 1.165) is 17.3 Å². The summed E-state index contributed by atoms with van der Waals surface area (Å²) in [7, 11) is 1.59. The van der Waals surface area contributed by atoms with Crippen molar-refractivity contribution in [2.45, 2.75) is 6.42 Å². The number of terminal acetylenes is 1. The molecule has 2 amide bonds. The Hall–Kier alpha value is -2.23. The molecule has 5 nitrogen and oxygen atoms in total. The van der Waals surface area contributed by atoms with E-state index in [0.29, 0.717) is 30.2 Å². The van der Waals surface area contributed by atoms with Crippen LogP contribution in [0.1, 0.15) is 12.0 Å². The molecule has 23 heavy (non-hydrogen) atoms. The van der Waals surface area contributed by atoms with Gasteiger partial charge < -0.3 is 9.47 Å². The molecule has 0 spiro atoms. The van der Waals surface area contributed by atoms with Crippen LogP contribution in [-0.4, -0.2) is 42.9 Å². The normalized spacial score (nSPS) is 16.0. The third-order valence-electron chi connectivity index (χ3n) is 3.10. The van der Waals surface area contributed by atoms with Gasteiger partial charge in [-0.05, 0) is 42.0 Å². The Labute approximate surface area is 139 Å². The number of rotatable bonds is 7. The number of ether oxygens (including phenoxy) is 2. The standard InChI is InChI=1S/C17H17NO4S/c1-3-10-22-14-7-5-13(6-8-14)12-15-16(19)18(17(20)23-15)9-4-11-21-2/h1,5-8,12H,4,9-11H2,2H3/b15-12+. The summed E-state index contributed by atoms with van der Waals surface area (Å²) in [4.78, 5) is 25.8. The molecule has 1 aromatic carbocycles. The van der Waals surface area contributed by atoms with Crippen molar-refractivity contribution in [3.05, 3.63) is 34.7 Å². The number of hydrogen-bond acceptors (Lipinski definition) is 5. The van der Waals surface area contributed by atoms with Crippen LogP contribution in [0.2, 0.25) is 0 Å². The molecular formula is C17H17NO4S. The number of thioether (sulfide) groups is 1. The number of methoxy groups -OCH3 is 1. The van der Waals surface area contributed by atoms with Crippen molar-refractivity contribution in [1.82, 2.24) is 4.90 Å². The van der Waals surface area contributed by atoms with Gasteiger partial charge in [-0.1, -0.05) is 18.1 Å². The fourth-order valence-electron chi connectivity index (χ4n) is 2.00. The minimum atomic E-state index is -0.260.